The third-order valence-corrected chi connectivity index (χ3v) is 5.76. The minimum absolute atomic E-state index is 0.0677. The van der Waals surface area contributed by atoms with E-state index < -0.39 is 23.9 Å². The summed E-state index contributed by atoms with van der Waals surface area (Å²) in [6, 6.07) is 17.0. The van der Waals surface area contributed by atoms with Crippen LogP contribution in [0, 0.1) is 17.8 Å². The molecule has 1 aliphatic heterocycles. The lowest BCUT2D eigenvalue weighted by Gasteiger charge is -2.26. The monoisotopic (exact) mass is 445 g/mol. The van der Waals surface area contributed by atoms with Gasteiger partial charge in [0.25, 0.3) is 5.91 Å². The number of amides is 2. The Hall–Kier alpha value is -3.54. The Morgan fingerprint density at radius 2 is 1.76 bits per heavy atom. The van der Waals surface area contributed by atoms with Gasteiger partial charge in [0.15, 0.2) is 0 Å². The molecule has 0 fully saturated rings. The molecule has 0 radical (unpaired) electrons. The molecule has 0 saturated heterocycles. The number of ketones is 1. The molecule has 0 saturated carbocycles. The highest BCUT2D eigenvalue weighted by molar-refractivity contribution is 6.19. The number of nitrogens with zero attached hydrogens (tertiary/aromatic N) is 1. The van der Waals surface area contributed by atoms with Gasteiger partial charge in [-0.25, -0.2) is 4.99 Å². The topological polar surface area (TPSA) is 87.6 Å². The first kappa shape index (κ1) is 24.1. The quantitative estimate of drug-likeness (QED) is 0.562. The van der Waals surface area contributed by atoms with E-state index >= 15 is 0 Å². The van der Waals surface area contributed by atoms with E-state index in [1.807, 2.05) is 68.4 Å². The van der Waals surface area contributed by atoms with Gasteiger partial charge in [0.05, 0.1) is 11.4 Å². The Kier molecular flexibility index (Phi) is 7.93. The summed E-state index contributed by atoms with van der Waals surface area (Å²) in [6.45, 7) is 9.25. The van der Waals surface area contributed by atoms with E-state index in [1.54, 1.807) is 6.08 Å². The van der Waals surface area contributed by atoms with Gasteiger partial charge in [0.1, 0.15) is 5.78 Å². The van der Waals surface area contributed by atoms with Gasteiger partial charge < -0.3 is 10.6 Å². The van der Waals surface area contributed by atoms with Crippen molar-refractivity contribution in [3.05, 3.63) is 78.4 Å². The van der Waals surface area contributed by atoms with Gasteiger partial charge in [-0.15, -0.1) is 6.58 Å². The third kappa shape index (κ3) is 5.83. The zero-order valence-electron chi connectivity index (χ0n) is 19.4. The third-order valence-electron chi connectivity index (χ3n) is 5.76. The number of hydrogen-bond acceptors (Lipinski definition) is 4. The summed E-state index contributed by atoms with van der Waals surface area (Å²) >= 11 is 0. The minimum Gasteiger partial charge on any atom is -0.326 e. The van der Waals surface area contributed by atoms with Crippen LogP contribution in [-0.2, 0) is 14.4 Å². The second-order valence-corrected chi connectivity index (χ2v) is 8.77. The number of carbonyl (C=O) groups is 3. The fraction of sp³-hybridized carbons (Fsp3) is 0.333. The molecular weight excluding hydrogens is 414 g/mol. The van der Waals surface area contributed by atoms with E-state index in [-0.39, 0.29) is 17.6 Å². The van der Waals surface area contributed by atoms with Crippen molar-refractivity contribution in [2.24, 2.45) is 22.7 Å². The second kappa shape index (κ2) is 10.9. The number of nitrogens with one attached hydrogen (secondary N) is 2. The van der Waals surface area contributed by atoms with Crippen molar-refractivity contribution < 1.29 is 14.4 Å². The van der Waals surface area contributed by atoms with E-state index in [9.17, 15) is 14.4 Å². The molecule has 2 aromatic carbocycles. The molecular formula is C27H31N3O3. The van der Waals surface area contributed by atoms with Gasteiger partial charge in [-0.3, -0.25) is 14.4 Å². The Balaban J connectivity index is 1.98. The molecule has 0 aliphatic carbocycles. The zero-order chi connectivity index (χ0) is 24.0. The van der Waals surface area contributed by atoms with E-state index in [4.69, 9.17) is 0 Å². The number of aliphatic imine (C=N–C) groups is 1. The fourth-order valence-corrected chi connectivity index (χ4v) is 4.18. The van der Waals surface area contributed by atoms with Crippen LogP contribution in [-0.4, -0.2) is 29.5 Å². The maximum atomic E-state index is 13.4. The summed E-state index contributed by atoms with van der Waals surface area (Å²) in [5.74, 6) is -1.71. The number of Topliss-reactive ketones (excluding diaryl/α,β-unsaturated/α-hetero) is 1. The number of para-hydroxylation sites is 1. The van der Waals surface area contributed by atoms with Crippen molar-refractivity contribution in [3.8, 4) is 0 Å². The highest BCUT2D eigenvalue weighted by Crippen LogP contribution is 2.27. The molecule has 3 unspecified atom stereocenters. The Morgan fingerprint density at radius 3 is 2.39 bits per heavy atom. The molecule has 6 heteroatoms. The van der Waals surface area contributed by atoms with Crippen LogP contribution in [0.5, 0.6) is 0 Å². The van der Waals surface area contributed by atoms with Crippen LogP contribution < -0.4 is 10.6 Å². The number of benzodiazepines with no additional fused rings is 1. The normalized spacial score (nSPS) is 17.2. The van der Waals surface area contributed by atoms with E-state index in [0.29, 0.717) is 24.2 Å². The summed E-state index contributed by atoms with van der Waals surface area (Å²) in [7, 11) is 0. The van der Waals surface area contributed by atoms with Crippen LogP contribution in [0.15, 0.2) is 72.2 Å². The molecule has 172 valence electrons. The van der Waals surface area contributed by atoms with E-state index in [1.165, 1.54) is 6.92 Å². The molecule has 0 spiro atoms. The summed E-state index contributed by atoms with van der Waals surface area (Å²) in [4.78, 5) is 43.5. The first-order chi connectivity index (χ1) is 15.8. The summed E-state index contributed by atoms with van der Waals surface area (Å²) < 4.78 is 0. The highest BCUT2D eigenvalue weighted by atomic mass is 16.2. The summed E-state index contributed by atoms with van der Waals surface area (Å²) in [5, 5.41) is 5.70. The summed E-state index contributed by atoms with van der Waals surface area (Å²) in [6.07, 6.45) is 1.47. The first-order valence-electron chi connectivity index (χ1n) is 11.3. The van der Waals surface area contributed by atoms with Crippen molar-refractivity contribution in [1.82, 2.24) is 5.32 Å². The van der Waals surface area contributed by atoms with Gasteiger partial charge in [-0.05, 0) is 31.7 Å². The number of carbonyl (C=O) groups excluding carboxylic acids is 3. The van der Waals surface area contributed by atoms with Gasteiger partial charge in [0.2, 0.25) is 12.1 Å². The Labute approximate surface area is 195 Å². The lowest BCUT2D eigenvalue weighted by Crippen LogP contribution is -2.47. The molecule has 2 amide bonds. The van der Waals surface area contributed by atoms with Crippen molar-refractivity contribution >= 4 is 29.0 Å². The summed E-state index contributed by atoms with van der Waals surface area (Å²) in [5.41, 5.74) is 2.87. The SMILES string of the molecule is C=CCC(C(C)=O)C(CC(C)C)C(=O)NC1N=C(c2ccccc2)c2ccccc2NC1=O. The number of benzene rings is 2. The van der Waals surface area contributed by atoms with Crippen molar-refractivity contribution in [2.45, 2.75) is 39.8 Å². The molecule has 3 rings (SSSR count). The number of rotatable bonds is 9. The molecule has 33 heavy (non-hydrogen) atoms. The van der Waals surface area contributed by atoms with E-state index in [0.717, 1.165) is 11.1 Å². The highest BCUT2D eigenvalue weighted by Gasteiger charge is 2.34. The average molecular weight is 446 g/mol. The van der Waals surface area contributed by atoms with Gasteiger partial charge >= 0.3 is 0 Å². The zero-order valence-corrected chi connectivity index (χ0v) is 19.4. The van der Waals surface area contributed by atoms with Crippen LogP contribution in [0.2, 0.25) is 0 Å². The van der Waals surface area contributed by atoms with Crippen LogP contribution in [0.3, 0.4) is 0 Å². The molecule has 1 aliphatic rings. The number of allylic oxidation sites excluding steroid dienone is 1. The lowest BCUT2D eigenvalue weighted by atomic mass is 9.80. The Bertz CT molecular complexity index is 1060. The molecule has 6 nitrogen and oxygen atoms in total. The van der Waals surface area contributed by atoms with Crippen LogP contribution in [0.25, 0.3) is 0 Å². The van der Waals surface area contributed by atoms with Crippen LogP contribution in [0.4, 0.5) is 5.69 Å². The molecule has 0 bridgehead atoms. The fourth-order valence-electron chi connectivity index (χ4n) is 4.18. The predicted octanol–water partition coefficient (Wildman–Crippen LogP) is 4.36. The molecule has 2 aromatic rings. The van der Waals surface area contributed by atoms with E-state index in [2.05, 4.69) is 22.2 Å². The van der Waals surface area contributed by atoms with Crippen LogP contribution in [0.1, 0.15) is 44.7 Å². The second-order valence-electron chi connectivity index (χ2n) is 8.77. The average Bonchev–Trinajstić information content (AvgIpc) is 2.92. The number of anilines is 1. The standard InChI is InChI=1S/C27H31N3O3/c1-5-11-20(18(4)31)22(16-17(2)3)26(32)30-25-27(33)28-23-15-10-9-14-21(23)24(29-25)19-12-7-6-8-13-19/h5-10,12-15,17,20,22,25H,1,11,16H2,2-4H3,(H,28,33)(H,30,32). The molecule has 0 aromatic heterocycles. The van der Waals surface area contributed by atoms with Crippen molar-refractivity contribution in [3.63, 3.8) is 0 Å². The minimum atomic E-state index is -1.12. The number of fused-ring (bicyclic) bond motifs is 1. The van der Waals surface area contributed by atoms with Gasteiger partial charge in [-0.1, -0.05) is 68.5 Å². The van der Waals surface area contributed by atoms with Crippen molar-refractivity contribution in [1.29, 1.82) is 0 Å². The Morgan fingerprint density at radius 1 is 1.09 bits per heavy atom. The molecule has 3 atom stereocenters. The number of hydrogen-bond donors (Lipinski definition) is 2. The first-order valence-corrected chi connectivity index (χ1v) is 11.3. The van der Waals surface area contributed by atoms with Gasteiger partial charge in [0, 0.05) is 23.0 Å². The van der Waals surface area contributed by atoms with Gasteiger partial charge in [-0.2, -0.15) is 0 Å². The molecule has 1 heterocycles. The van der Waals surface area contributed by atoms with Crippen molar-refractivity contribution in [2.75, 3.05) is 5.32 Å². The maximum Gasteiger partial charge on any atom is 0.269 e. The maximum absolute atomic E-state index is 13.4. The largest absolute Gasteiger partial charge is 0.326 e. The predicted molar refractivity (Wildman–Crippen MR) is 131 cm³/mol. The van der Waals surface area contributed by atoms with Crippen LogP contribution >= 0.6 is 0 Å². The molecule has 2 N–H and O–H groups in total. The lowest BCUT2D eigenvalue weighted by molar-refractivity contribution is -0.135. The smallest absolute Gasteiger partial charge is 0.269 e.